The van der Waals surface area contributed by atoms with Crippen LogP contribution < -0.4 is 5.32 Å². The summed E-state index contributed by atoms with van der Waals surface area (Å²) in [5, 5.41) is 13.3. The number of aromatic amines is 1. The number of hydrogen-bond donors (Lipinski definition) is 3. The van der Waals surface area contributed by atoms with Crippen LogP contribution in [0.15, 0.2) is 18.2 Å². The van der Waals surface area contributed by atoms with Gasteiger partial charge in [0.05, 0.1) is 29.5 Å². The Morgan fingerprint density at radius 2 is 2.10 bits per heavy atom. The van der Waals surface area contributed by atoms with Gasteiger partial charge in [-0.3, -0.25) is 14.8 Å². The average molecular weight is 419 g/mol. The summed E-state index contributed by atoms with van der Waals surface area (Å²) in [5.41, 5.74) is 0.821. The fraction of sp³-hybridized carbons (Fsp3) is 0.591. The Morgan fingerprint density at radius 1 is 1.40 bits per heavy atom. The number of imidazole rings is 1. The lowest BCUT2D eigenvalue weighted by Crippen LogP contribution is -2.43. The highest BCUT2D eigenvalue weighted by atomic mass is 19.1. The third kappa shape index (κ3) is 5.36. The fourth-order valence-corrected chi connectivity index (χ4v) is 4.28. The number of amides is 2. The van der Waals surface area contributed by atoms with Crippen LogP contribution >= 0.6 is 0 Å². The van der Waals surface area contributed by atoms with Crippen molar-refractivity contribution in [2.24, 2.45) is 17.3 Å². The second kappa shape index (κ2) is 9.12. The van der Waals surface area contributed by atoms with E-state index in [0.717, 1.165) is 25.7 Å². The molecule has 1 aromatic carbocycles. The van der Waals surface area contributed by atoms with Gasteiger partial charge in [0.1, 0.15) is 11.6 Å². The lowest BCUT2D eigenvalue weighted by molar-refractivity contribution is -0.155. The summed E-state index contributed by atoms with van der Waals surface area (Å²) in [6, 6.07) is 3.88. The van der Waals surface area contributed by atoms with Crippen LogP contribution in [-0.4, -0.2) is 39.1 Å². The predicted molar refractivity (Wildman–Crippen MR) is 111 cm³/mol. The number of hydrogen-bond acceptors (Lipinski definition) is 4. The zero-order chi connectivity index (χ0) is 21.9. The van der Waals surface area contributed by atoms with Crippen molar-refractivity contribution in [1.82, 2.24) is 20.3 Å². The smallest absolute Gasteiger partial charge is 0.233 e. The molecule has 0 aliphatic heterocycles. The lowest BCUT2D eigenvalue weighted by Gasteiger charge is -2.32. The van der Waals surface area contributed by atoms with E-state index in [1.807, 2.05) is 20.8 Å². The van der Waals surface area contributed by atoms with Crippen LogP contribution in [-0.2, 0) is 9.59 Å². The van der Waals surface area contributed by atoms with Crippen LogP contribution in [0.2, 0.25) is 0 Å². The Hall–Kier alpha value is -2.48. The number of nitrogens with zero attached hydrogens (tertiary/aromatic N) is 2. The average Bonchev–Trinajstić information content (AvgIpc) is 3.33. The van der Waals surface area contributed by atoms with Gasteiger partial charge in [-0.25, -0.2) is 14.4 Å². The summed E-state index contributed by atoms with van der Waals surface area (Å²) in [5.74, 6) is -0.137. The third-order valence-corrected chi connectivity index (χ3v) is 5.88. The number of benzene rings is 1. The van der Waals surface area contributed by atoms with Crippen molar-refractivity contribution in [3.05, 3.63) is 29.8 Å². The largest absolute Gasteiger partial charge is 0.345 e. The van der Waals surface area contributed by atoms with E-state index in [-0.39, 0.29) is 23.7 Å². The molecule has 1 unspecified atom stereocenters. The van der Waals surface area contributed by atoms with Crippen molar-refractivity contribution in [3.8, 4) is 0 Å². The molecule has 0 saturated heterocycles. The molecule has 1 heterocycles. The minimum Gasteiger partial charge on any atom is -0.345 e. The number of H-pyrrole nitrogens is 1. The number of carbonyl (C=O) groups is 2. The SMILES string of the molecule is CC(C)(C)C(NC(=O)[C@H](CC1CCCC1)CN(O)C=O)c1nc2ccc(F)cc2[nH]1. The molecule has 1 aliphatic rings. The third-order valence-electron chi connectivity index (χ3n) is 5.88. The van der Waals surface area contributed by atoms with Gasteiger partial charge in [-0.2, -0.15) is 0 Å². The van der Waals surface area contributed by atoms with Crippen LogP contribution in [0.5, 0.6) is 0 Å². The predicted octanol–water partition coefficient (Wildman–Crippen LogP) is 3.95. The summed E-state index contributed by atoms with van der Waals surface area (Å²) >= 11 is 0. The molecule has 164 valence electrons. The molecular formula is C22H31FN4O3. The van der Waals surface area contributed by atoms with Gasteiger partial charge in [-0.15, -0.1) is 0 Å². The molecule has 0 bridgehead atoms. The Kier molecular flexibility index (Phi) is 6.75. The van der Waals surface area contributed by atoms with Crippen molar-refractivity contribution in [2.75, 3.05) is 6.54 Å². The molecule has 8 heteroatoms. The highest BCUT2D eigenvalue weighted by Crippen LogP contribution is 2.34. The number of hydroxylamine groups is 2. The minimum atomic E-state index is -0.519. The maximum atomic E-state index is 13.6. The van der Waals surface area contributed by atoms with Crippen LogP contribution in [0, 0.1) is 23.1 Å². The molecule has 0 radical (unpaired) electrons. The molecule has 7 nitrogen and oxygen atoms in total. The Morgan fingerprint density at radius 3 is 2.73 bits per heavy atom. The van der Waals surface area contributed by atoms with Crippen molar-refractivity contribution in [1.29, 1.82) is 0 Å². The summed E-state index contributed by atoms with van der Waals surface area (Å²) in [6.07, 6.45) is 5.37. The second-order valence-electron chi connectivity index (χ2n) is 9.40. The molecule has 1 aliphatic carbocycles. The van der Waals surface area contributed by atoms with Gasteiger partial charge < -0.3 is 10.3 Å². The minimum absolute atomic E-state index is 0.0476. The molecule has 0 spiro atoms. The number of carbonyl (C=O) groups excluding carboxylic acids is 2. The van der Waals surface area contributed by atoms with E-state index in [1.165, 1.54) is 12.1 Å². The highest BCUT2D eigenvalue weighted by molar-refractivity contribution is 5.80. The molecule has 2 aromatic rings. The van der Waals surface area contributed by atoms with E-state index >= 15 is 0 Å². The number of nitrogens with one attached hydrogen (secondary N) is 2. The molecule has 2 amide bonds. The first-order valence-electron chi connectivity index (χ1n) is 10.5. The molecule has 3 rings (SSSR count). The lowest BCUT2D eigenvalue weighted by atomic mass is 9.85. The maximum Gasteiger partial charge on any atom is 0.233 e. The van der Waals surface area contributed by atoms with Gasteiger partial charge >= 0.3 is 0 Å². The molecule has 30 heavy (non-hydrogen) atoms. The van der Waals surface area contributed by atoms with Crippen molar-refractivity contribution >= 4 is 23.4 Å². The summed E-state index contributed by atoms with van der Waals surface area (Å²) < 4.78 is 13.6. The van der Waals surface area contributed by atoms with Crippen LogP contribution in [0.25, 0.3) is 11.0 Å². The van der Waals surface area contributed by atoms with Gasteiger partial charge in [0.15, 0.2) is 0 Å². The topological polar surface area (TPSA) is 98.3 Å². The van der Waals surface area contributed by atoms with Gasteiger partial charge in [-0.05, 0) is 36.0 Å². The summed E-state index contributed by atoms with van der Waals surface area (Å²) in [4.78, 5) is 31.8. The Balaban J connectivity index is 1.83. The maximum absolute atomic E-state index is 13.6. The van der Waals surface area contributed by atoms with Gasteiger partial charge in [0.2, 0.25) is 12.3 Å². The van der Waals surface area contributed by atoms with E-state index in [4.69, 9.17) is 0 Å². The zero-order valence-electron chi connectivity index (χ0n) is 17.8. The van der Waals surface area contributed by atoms with E-state index in [9.17, 15) is 19.2 Å². The van der Waals surface area contributed by atoms with Crippen LogP contribution in [0.3, 0.4) is 0 Å². The Bertz CT molecular complexity index is 886. The highest BCUT2D eigenvalue weighted by Gasteiger charge is 2.34. The number of rotatable bonds is 8. The molecule has 1 saturated carbocycles. The zero-order valence-corrected chi connectivity index (χ0v) is 17.8. The first-order chi connectivity index (χ1) is 14.2. The van der Waals surface area contributed by atoms with Crippen LogP contribution in [0.4, 0.5) is 4.39 Å². The monoisotopic (exact) mass is 418 g/mol. The van der Waals surface area contributed by atoms with E-state index in [2.05, 4.69) is 15.3 Å². The summed E-state index contributed by atoms with van der Waals surface area (Å²) in [7, 11) is 0. The van der Waals surface area contributed by atoms with E-state index in [1.54, 1.807) is 6.07 Å². The molecule has 2 atom stereocenters. The number of halogens is 1. The normalized spacial score (nSPS) is 17.1. The molecule has 3 N–H and O–H groups in total. The first kappa shape index (κ1) is 22.2. The van der Waals surface area contributed by atoms with Crippen molar-refractivity contribution in [3.63, 3.8) is 0 Å². The quantitative estimate of drug-likeness (QED) is 0.343. The summed E-state index contributed by atoms with van der Waals surface area (Å²) in [6.45, 7) is 5.92. The van der Waals surface area contributed by atoms with Crippen molar-refractivity contribution < 1.29 is 19.2 Å². The standard InChI is InChI=1S/C22H31FN4O3/c1-22(2,3)19(20-24-17-9-8-16(23)11-18(17)25-20)26-21(29)15(12-27(30)13-28)10-14-6-4-5-7-14/h8-9,11,13-15,19,30H,4-7,10,12H2,1-3H3,(H,24,25)(H,26,29)/t15-,19?/m1/s1. The first-order valence-corrected chi connectivity index (χ1v) is 10.5. The number of fused-ring (bicyclic) bond motifs is 1. The fourth-order valence-electron chi connectivity index (χ4n) is 4.28. The number of aromatic nitrogens is 2. The molecular weight excluding hydrogens is 387 g/mol. The van der Waals surface area contributed by atoms with E-state index in [0.29, 0.717) is 40.7 Å². The van der Waals surface area contributed by atoms with Gasteiger partial charge in [0, 0.05) is 0 Å². The van der Waals surface area contributed by atoms with Crippen LogP contribution in [0.1, 0.15) is 64.7 Å². The van der Waals surface area contributed by atoms with Crippen molar-refractivity contribution in [2.45, 2.75) is 58.9 Å². The Labute approximate surface area is 176 Å². The molecule has 1 fully saturated rings. The molecule has 1 aromatic heterocycles. The van der Waals surface area contributed by atoms with Gasteiger partial charge in [0.25, 0.3) is 0 Å². The van der Waals surface area contributed by atoms with Gasteiger partial charge in [-0.1, -0.05) is 46.5 Å². The van der Waals surface area contributed by atoms with E-state index < -0.39 is 12.0 Å². The second-order valence-corrected chi connectivity index (χ2v) is 9.40.